The van der Waals surface area contributed by atoms with Gasteiger partial charge in [0.25, 0.3) is 0 Å². The van der Waals surface area contributed by atoms with Gasteiger partial charge in [0.2, 0.25) is 5.91 Å². The average Bonchev–Trinajstić information content (AvgIpc) is 2.02. The van der Waals surface area contributed by atoms with Crippen LogP contribution in [-0.4, -0.2) is 25.0 Å². The maximum Gasteiger partial charge on any atom is 0.307 e. The first-order valence-electron chi connectivity index (χ1n) is 4.31. The van der Waals surface area contributed by atoms with E-state index in [-0.39, 0.29) is 30.3 Å². The van der Waals surface area contributed by atoms with Gasteiger partial charge in [-0.15, -0.1) is 0 Å². The summed E-state index contributed by atoms with van der Waals surface area (Å²) in [6, 6.07) is -0.134. The summed E-state index contributed by atoms with van der Waals surface area (Å²) in [4.78, 5) is 21.7. The van der Waals surface area contributed by atoms with Crippen molar-refractivity contribution in [2.75, 3.05) is 7.11 Å². The number of amides is 1. The summed E-state index contributed by atoms with van der Waals surface area (Å²) in [7, 11) is 1.34. The van der Waals surface area contributed by atoms with Crippen LogP contribution in [-0.2, 0) is 14.3 Å². The van der Waals surface area contributed by atoms with Crippen molar-refractivity contribution in [1.29, 1.82) is 0 Å². The van der Waals surface area contributed by atoms with E-state index < -0.39 is 0 Å². The molecule has 4 nitrogen and oxygen atoms in total. The van der Waals surface area contributed by atoms with Crippen LogP contribution in [0.4, 0.5) is 0 Å². The molecule has 0 aromatic heterocycles. The molecule has 1 atom stereocenters. The minimum atomic E-state index is -0.299. The molecule has 4 heteroatoms. The highest BCUT2D eigenvalue weighted by atomic mass is 16.5. The van der Waals surface area contributed by atoms with Gasteiger partial charge in [-0.3, -0.25) is 9.59 Å². The van der Waals surface area contributed by atoms with Crippen molar-refractivity contribution < 1.29 is 14.3 Å². The zero-order chi connectivity index (χ0) is 10.4. The van der Waals surface area contributed by atoms with Crippen molar-refractivity contribution >= 4 is 11.9 Å². The molecule has 0 rings (SSSR count). The van der Waals surface area contributed by atoms with Crippen LogP contribution in [0.15, 0.2) is 0 Å². The summed E-state index contributed by atoms with van der Waals surface area (Å²) in [6.45, 7) is 5.33. The van der Waals surface area contributed by atoms with Crippen LogP contribution in [0.1, 0.15) is 27.2 Å². The van der Waals surface area contributed by atoms with Crippen molar-refractivity contribution in [2.24, 2.45) is 5.92 Å². The van der Waals surface area contributed by atoms with Crippen LogP contribution in [0.25, 0.3) is 0 Å². The van der Waals surface area contributed by atoms with Crippen LogP contribution < -0.4 is 5.32 Å². The van der Waals surface area contributed by atoms with E-state index in [1.165, 1.54) is 14.0 Å². The zero-order valence-corrected chi connectivity index (χ0v) is 8.59. The molecule has 0 saturated carbocycles. The fourth-order valence-electron chi connectivity index (χ4n) is 0.977. The van der Waals surface area contributed by atoms with Gasteiger partial charge >= 0.3 is 5.97 Å². The Morgan fingerprint density at radius 1 is 1.38 bits per heavy atom. The molecule has 0 aliphatic rings. The largest absolute Gasteiger partial charge is 0.469 e. The van der Waals surface area contributed by atoms with E-state index in [2.05, 4.69) is 10.1 Å². The molecule has 1 N–H and O–H groups in total. The topological polar surface area (TPSA) is 55.4 Å². The lowest BCUT2D eigenvalue weighted by Gasteiger charge is -2.20. The Morgan fingerprint density at radius 3 is 2.23 bits per heavy atom. The number of esters is 1. The van der Waals surface area contributed by atoms with Crippen LogP contribution >= 0.6 is 0 Å². The molecule has 0 saturated heterocycles. The molecule has 0 radical (unpaired) electrons. The van der Waals surface area contributed by atoms with E-state index in [0.717, 1.165) is 0 Å². The van der Waals surface area contributed by atoms with E-state index in [1.54, 1.807) is 0 Å². The second-order valence-corrected chi connectivity index (χ2v) is 3.33. The fraction of sp³-hybridized carbons (Fsp3) is 0.778. The summed E-state index contributed by atoms with van der Waals surface area (Å²) >= 11 is 0. The predicted molar refractivity (Wildman–Crippen MR) is 49.1 cm³/mol. The highest BCUT2D eigenvalue weighted by Gasteiger charge is 2.18. The third-order valence-corrected chi connectivity index (χ3v) is 1.81. The van der Waals surface area contributed by atoms with Gasteiger partial charge in [0.05, 0.1) is 13.5 Å². The highest BCUT2D eigenvalue weighted by molar-refractivity contribution is 5.75. The van der Waals surface area contributed by atoms with Gasteiger partial charge in [-0.2, -0.15) is 0 Å². The van der Waals surface area contributed by atoms with Gasteiger partial charge in [0.15, 0.2) is 0 Å². The van der Waals surface area contributed by atoms with Gasteiger partial charge in [-0.25, -0.2) is 0 Å². The van der Waals surface area contributed by atoms with E-state index in [9.17, 15) is 9.59 Å². The number of nitrogens with one attached hydrogen (secondary N) is 1. The monoisotopic (exact) mass is 187 g/mol. The van der Waals surface area contributed by atoms with Crippen LogP contribution in [0.2, 0.25) is 0 Å². The second-order valence-electron chi connectivity index (χ2n) is 3.33. The Morgan fingerprint density at radius 2 is 1.92 bits per heavy atom. The Balaban J connectivity index is 4.09. The molecule has 0 unspecified atom stereocenters. The molecule has 13 heavy (non-hydrogen) atoms. The molecule has 76 valence electrons. The lowest BCUT2D eigenvalue weighted by Crippen LogP contribution is -2.39. The number of carbonyl (C=O) groups is 2. The number of methoxy groups -OCH3 is 1. The molecule has 0 aliphatic carbocycles. The third kappa shape index (κ3) is 5.22. The second kappa shape index (κ2) is 5.56. The molecular weight excluding hydrogens is 170 g/mol. The maximum atomic E-state index is 10.9. The summed E-state index contributed by atoms with van der Waals surface area (Å²) in [5.41, 5.74) is 0. The first-order valence-corrected chi connectivity index (χ1v) is 4.31. The van der Waals surface area contributed by atoms with Crippen LogP contribution in [0.5, 0.6) is 0 Å². The Hall–Kier alpha value is -1.06. The molecule has 0 aliphatic heterocycles. The third-order valence-electron chi connectivity index (χ3n) is 1.81. The lowest BCUT2D eigenvalue weighted by atomic mass is 10.0. The number of carbonyl (C=O) groups excluding carboxylic acids is 2. The molecule has 0 spiro atoms. The molecule has 1 amide bonds. The summed E-state index contributed by atoms with van der Waals surface area (Å²) in [5, 5.41) is 2.70. The average molecular weight is 187 g/mol. The highest BCUT2D eigenvalue weighted by Crippen LogP contribution is 2.06. The number of hydrogen-bond donors (Lipinski definition) is 1. The van der Waals surface area contributed by atoms with Gasteiger partial charge in [0.1, 0.15) is 0 Å². The number of rotatable bonds is 4. The fourth-order valence-corrected chi connectivity index (χ4v) is 0.977. The molecule has 0 bridgehead atoms. The summed E-state index contributed by atoms with van der Waals surface area (Å²) < 4.78 is 4.52. The maximum absolute atomic E-state index is 10.9. The number of hydrogen-bond acceptors (Lipinski definition) is 3. The molecule has 0 aromatic rings. The van der Waals surface area contributed by atoms with Crippen LogP contribution in [0, 0.1) is 5.92 Å². The van der Waals surface area contributed by atoms with Crippen molar-refractivity contribution in [3.05, 3.63) is 0 Å². The first-order chi connectivity index (χ1) is 5.97. The Kier molecular flexibility index (Phi) is 5.11. The van der Waals surface area contributed by atoms with E-state index in [1.807, 2.05) is 13.8 Å². The van der Waals surface area contributed by atoms with Gasteiger partial charge < -0.3 is 10.1 Å². The molecule has 0 fully saturated rings. The zero-order valence-electron chi connectivity index (χ0n) is 8.59. The lowest BCUT2D eigenvalue weighted by molar-refractivity contribution is -0.141. The minimum absolute atomic E-state index is 0.123. The van der Waals surface area contributed by atoms with Crippen molar-refractivity contribution in [2.45, 2.75) is 33.2 Å². The standard InChI is InChI=1S/C9H17NO3/c1-6(2)8(10-7(3)11)5-9(12)13-4/h6,8H,5H2,1-4H3,(H,10,11)/t8-/m0/s1. The van der Waals surface area contributed by atoms with Gasteiger partial charge in [-0.1, -0.05) is 13.8 Å². The van der Waals surface area contributed by atoms with Gasteiger partial charge in [0, 0.05) is 13.0 Å². The summed E-state index contributed by atoms with van der Waals surface area (Å²) in [5.74, 6) is -0.196. The SMILES string of the molecule is COC(=O)C[C@H](NC(C)=O)C(C)C. The Labute approximate surface area is 78.6 Å². The quantitative estimate of drug-likeness (QED) is 0.659. The number of ether oxygens (including phenoxy) is 1. The van der Waals surface area contributed by atoms with Crippen molar-refractivity contribution in [3.8, 4) is 0 Å². The van der Waals surface area contributed by atoms with Crippen LogP contribution in [0.3, 0.4) is 0 Å². The van der Waals surface area contributed by atoms with E-state index in [0.29, 0.717) is 0 Å². The van der Waals surface area contributed by atoms with E-state index >= 15 is 0 Å². The van der Waals surface area contributed by atoms with Gasteiger partial charge in [-0.05, 0) is 5.92 Å². The summed E-state index contributed by atoms with van der Waals surface area (Å²) in [6.07, 6.45) is 0.230. The smallest absolute Gasteiger partial charge is 0.307 e. The van der Waals surface area contributed by atoms with E-state index in [4.69, 9.17) is 0 Å². The molecule has 0 heterocycles. The van der Waals surface area contributed by atoms with Crippen molar-refractivity contribution in [3.63, 3.8) is 0 Å². The molecule has 0 aromatic carbocycles. The minimum Gasteiger partial charge on any atom is -0.469 e. The predicted octanol–water partition coefficient (Wildman–Crippen LogP) is 0.710. The Bertz CT molecular complexity index is 189. The first kappa shape index (κ1) is 11.9. The normalized spacial score (nSPS) is 12.4. The molecular formula is C9H17NO3. The van der Waals surface area contributed by atoms with Crippen molar-refractivity contribution in [1.82, 2.24) is 5.32 Å².